The van der Waals surface area contributed by atoms with Crippen LogP contribution in [-0.4, -0.2) is 49.9 Å². The third-order valence-corrected chi connectivity index (χ3v) is 2.68. The summed E-state index contributed by atoms with van der Waals surface area (Å²) in [6.07, 6.45) is -0.392. The number of hydrogen-bond acceptors (Lipinski definition) is 5. The van der Waals surface area contributed by atoms with E-state index in [0.717, 1.165) is 0 Å². The molecule has 0 fully saturated rings. The second kappa shape index (κ2) is 7.68. The van der Waals surface area contributed by atoms with Gasteiger partial charge in [0.2, 0.25) is 0 Å². The van der Waals surface area contributed by atoms with Crippen molar-refractivity contribution >= 4 is 12.1 Å². The molecule has 0 spiro atoms. The lowest BCUT2D eigenvalue weighted by atomic mass is 10.2. The van der Waals surface area contributed by atoms with Gasteiger partial charge < -0.3 is 19.1 Å². The molecule has 122 valence electrons. The summed E-state index contributed by atoms with van der Waals surface area (Å²) in [4.78, 5) is 24.5. The van der Waals surface area contributed by atoms with Crippen LogP contribution in [0.5, 0.6) is 5.75 Å². The van der Waals surface area contributed by atoms with Gasteiger partial charge >= 0.3 is 12.1 Å². The lowest BCUT2D eigenvalue weighted by Gasteiger charge is -2.24. The topological polar surface area (TPSA) is 65.1 Å². The van der Waals surface area contributed by atoms with Crippen molar-refractivity contribution in [1.82, 2.24) is 4.90 Å². The average molecular weight is 309 g/mol. The highest BCUT2D eigenvalue weighted by molar-refractivity contribution is 5.89. The molecule has 0 saturated heterocycles. The van der Waals surface area contributed by atoms with Crippen molar-refractivity contribution in [2.75, 3.05) is 27.3 Å². The van der Waals surface area contributed by atoms with Crippen LogP contribution in [0.2, 0.25) is 0 Å². The second-order valence-corrected chi connectivity index (χ2v) is 5.77. The number of likely N-dealkylation sites (N-methyl/N-ethyl adjacent to an activating group) is 1. The van der Waals surface area contributed by atoms with E-state index in [2.05, 4.69) is 4.74 Å². The first-order valence-corrected chi connectivity index (χ1v) is 6.98. The van der Waals surface area contributed by atoms with Crippen LogP contribution in [0, 0.1) is 0 Å². The molecule has 1 rings (SSSR count). The molecule has 6 nitrogen and oxygen atoms in total. The van der Waals surface area contributed by atoms with Crippen molar-refractivity contribution < 1.29 is 23.8 Å². The molecule has 0 bridgehead atoms. The van der Waals surface area contributed by atoms with Crippen LogP contribution >= 0.6 is 0 Å². The van der Waals surface area contributed by atoms with Gasteiger partial charge in [-0.05, 0) is 45.0 Å². The predicted molar refractivity (Wildman–Crippen MR) is 82.1 cm³/mol. The molecule has 22 heavy (non-hydrogen) atoms. The van der Waals surface area contributed by atoms with E-state index in [1.807, 2.05) is 20.8 Å². The third kappa shape index (κ3) is 6.03. The number of carbonyl (C=O) groups excluding carboxylic acids is 2. The number of nitrogens with zero attached hydrogens (tertiary/aromatic N) is 1. The monoisotopic (exact) mass is 309 g/mol. The van der Waals surface area contributed by atoms with E-state index >= 15 is 0 Å². The highest BCUT2D eigenvalue weighted by Crippen LogP contribution is 2.13. The molecule has 0 saturated carbocycles. The Balaban J connectivity index is 2.41. The average Bonchev–Trinajstić information content (AvgIpc) is 2.45. The first-order chi connectivity index (χ1) is 10.2. The zero-order valence-electron chi connectivity index (χ0n) is 13.7. The molecular weight excluding hydrogens is 286 g/mol. The van der Waals surface area contributed by atoms with Gasteiger partial charge in [-0.15, -0.1) is 0 Å². The van der Waals surface area contributed by atoms with Crippen LogP contribution in [0.4, 0.5) is 4.79 Å². The Morgan fingerprint density at radius 2 is 1.73 bits per heavy atom. The fourth-order valence-electron chi connectivity index (χ4n) is 1.54. The fraction of sp³-hybridized carbons (Fsp3) is 0.500. The molecule has 1 amide bonds. The lowest BCUT2D eigenvalue weighted by Crippen LogP contribution is -2.36. The number of hydrogen-bond donors (Lipinski definition) is 0. The molecule has 1 aromatic carbocycles. The Hall–Kier alpha value is -2.24. The van der Waals surface area contributed by atoms with E-state index in [-0.39, 0.29) is 0 Å². The van der Waals surface area contributed by atoms with Gasteiger partial charge in [0.15, 0.2) is 0 Å². The van der Waals surface area contributed by atoms with E-state index in [1.165, 1.54) is 12.0 Å². The Labute approximate surface area is 131 Å². The number of esters is 1. The Bertz CT molecular complexity index is 504. The molecule has 6 heteroatoms. The summed E-state index contributed by atoms with van der Waals surface area (Å²) in [5.74, 6) is 0.224. The first kappa shape index (κ1) is 17.8. The highest BCUT2D eigenvalue weighted by Gasteiger charge is 2.19. The maximum absolute atomic E-state index is 11.8. The van der Waals surface area contributed by atoms with Crippen molar-refractivity contribution in [1.29, 1.82) is 0 Å². The van der Waals surface area contributed by atoms with Gasteiger partial charge in [0.05, 0.1) is 19.2 Å². The van der Waals surface area contributed by atoms with Gasteiger partial charge in [0.25, 0.3) is 0 Å². The number of ether oxygens (including phenoxy) is 3. The van der Waals surface area contributed by atoms with Crippen LogP contribution in [0.1, 0.15) is 31.1 Å². The summed E-state index contributed by atoms with van der Waals surface area (Å²) in [6, 6.07) is 6.61. The minimum atomic E-state index is -0.518. The van der Waals surface area contributed by atoms with Crippen LogP contribution in [-0.2, 0) is 9.47 Å². The molecule has 0 N–H and O–H groups in total. The lowest BCUT2D eigenvalue weighted by molar-refractivity contribution is 0.0278. The van der Waals surface area contributed by atoms with E-state index < -0.39 is 17.7 Å². The molecule has 0 heterocycles. The molecule has 0 unspecified atom stereocenters. The quantitative estimate of drug-likeness (QED) is 0.782. The molecule has 0 aliphatic carbocycles. The van der Waals surface area contributed by atoms with Gasteiger partial charge in [-0.1, -0.05) is 0 Å². The number of benzene rings is 1. The van der Waals surface area contributed by atoms with Gasteiger partial charge in [-0.3, -0.25) is 0 Å². The largest absolute Gasteiger partial charge is 0.492 e. The summed E-state index contributed by atoms with van der Waals surface area (Å²) in [5, 5.41) is 0. The van der Waals surface area contributed by atoms with Crippen LogP contribution in [0.15, 0.2) is 24.3 Å². The Morgan fingerprint density at radius 1 is 1.14 bits per heavy atom. The molecule has 0 atom stereocenters. The second-order valence-electron chi connectivity index (χ2n) is 5.77. The van der Waals surface area contributed by atoms with Crippen molar-refractivity contribution in [3.63, 3.8) is 0 Å². The van der Waals surface area contributed by atoms with Gasteiger partial charge in [0.1, 0.15) is 18.0 Å². The smallest absolute Gasteiger partial charge is 0.410 e. The predicted octanol–water partition coefficient (Wildman–Crippen LogP) is 2.72. The summed E-state index contributed by atoms with van der Waals surface area (Å²) < 4.78 is 15.4. The van der Waals surface area contributed by atoms with E-state index in [1.54, 1.807) is 31.3 Å². The zero-order chi connectivity index (χ0) is 16.8. The first-order valence-electron chi connectivity index (χ1n) is 6.98. The van der Waals surface area contributed by atoms with Crippen LogP contribution in [0.3, 0.4) is 0 Å². The number of methoxy groups -OCH3 is 1. The summed E-state index contributed by atoms with van der Waals surface area (Å²) in [5.41, 5.74) is -0.0589. The Kier molecular flexibility index (Phi) is 6.22. The third-order valence-electron chi connectivity index (χ3n) is 2.68. The SMILES string of the molecule is COC(=O)c1ccc(OCCN(C)C(=O)OC(C)(C)C)cc1. The Morgan fingerprint density at radius 3 is 2.23 bits per heavy atom. The highest BCUT2D eigenvalue weighted by atomic mass is 16.6. The molecule has 0 radical (unpaired) electrons. The maximum atomic E-state index is 11.8. The number of amides is 1. The van der Waals surface area contributed by atoms with Crippen molar-refractivity contribution in [2.24, 2.45) is 0 Å². The van der Waals surface area contributed by atoms with E-state index in [0.29, 0.717) is 24.5 Å². The standard InChI is InChI=1S/C16H23NO5/c1-16(2,3)22-15(19)17(4)10-11-21-13-8-6-12(7-9-13)14(18)20-5/h6-9H,10-11H2,1-5H3. The van der Waals surface area contributed by atoms with Crippen molar-refractivity contribution in [2.45, 2.75) is 26.4 Å². The molecule has 0 aliphatic heterocycles. The van der Waals surface area contributed by atoms with E-state index in [9.17, 15) is 9.59 Å². The molecular formula is C16H23NO5. The normalized spacial score (nSPS) is 10.8. The van der Waals surface area contributed by atoms with Gasteiger partial charge in [-0.2, -0.15) is 0 Å². The van der Waals surface area contributed by atoms with Gasteiger partial charge in [-0.25, -0.2) is 9.59 Å². The maximum Gasteiger partial charge on any atom is 0.410 e. The van der Waals surface area contributed by atoms with Crippen LogP contribution in [0.25, 0.3) is 0 Å². The zero-order valence-corrected chi connectivity index (χ0v) is 13.7. The minimum absolute atomic E-state index is 0.327. The summed E-state index contributed by atoms with van der Waals surface area (Å²) >= 11 is 0. The number of carbonyl (C=O) groups is 2. The summed E-state index contributed by atoms with van der Waals surface area (Å²) in [6.45, 7) is 6.18. The van der Waals surface area contributed by atoms with Gasteiger partial charge in [0, 0.05) is 7.05 Å². The molecule has 0 aromatic heterocycles. The minimum Gasteiger partial charge on any atom is -0.492 e. The van der Waals surface area contributed by atoms with E-state index in [4.69, 9.17) is 9.47 Å². The van der Waals surface area contributed by atoms with Crippen molar-refractivity contribution in [3.8, 4) is 5.75 Å². The van der Waals surface area contributed by atoms with Crippen molar-refractivity contribution in [3.05, 3.63) is 29.8 Å². The van der Waals surface area contributed by atoms with Crippen LogP contribution < -0.4 is 4.74 Å². The molecule has 1 aromatic rings. The molecule has 0 aliphatic rings. The fourth-order valence-corrected chi connectivity index (χ4v) is 1.54. The number of rotatable bonds is 5. The summed E-state index contributed by atoms with van der Waals surface area (Å²) in [7, 11) is 2.98.